The number of hydrogen-bond acceptors (Lipinski definition) is 4. The predicted molar refractivity (Wildman–Crippen MR) is 73.5 cm³/mol. The number of carbonyl (C=O) groups is 2. The molecule has 0 saturated heterocycles. The Balaban J connectivity index is 2.08. The van der Waals surface area contributed by atoms with Gasteiger partial charge in [-0.3, -0.25) is 4.79 Å². The molecule has 0 spiro atoms. The van der Waals surface area contributed by atoms with Gasteiger partial charge in [-0.15, -0.1) is 0 Å². The molecule has 0 aliphatic rings. The number of nitrogens with two attached hydrogens (primary N) is 1. The fourth-order valence-electron chi connectivity index (χ4n) is 1.67. The number of anilines is 1. The van der Waals surface area contributed by atoms with Crippen LogP contribution in [0.4, 0.5) is 5.69 Å². The third-order valence-electron chi connectivity index (χ3n) is 2.65. The number of nitrogens with one attached hydrogen (secondary N) is 1. The van der Waals surface area contributed by atoms with Crippen LogP contribution in [0.1, 0.15) is 26.5 Å². The first-order chi connectivity index (χ1) is 9.56. The summed E-state index contributed by atoms with van der Waals surface area (Å²) in [7, 11) is 0. The molecule has 0 atom stereocenters. The van der Waals surface area contributed by atoms with Gasteiger partial charge in [0.25, 0.3) is 0 Å². The highest BCUT2D eigenvalue weighted by molar-refractivity contribution is 5.93. The zero-order valence-corrected chi connectivity index (χ0v) is 10.5. The number of amides is 1. The number of pyridine rings is 1. The topological polar surface area (TPSA) is 105 Å². The second-order valence-electron chi connectivity index (χ2n) is 4.12. The quantitative estimate of drug-likeness (QED) is 0.764. The van der Waals surface area contributed by atoms with Gasteiger partial charge >= 0.3 is 5.97 Å². The summed E-state index contributed by atoms with van der Waals surface area (Å²) in [4.78, 5) is 25.9. The first kappa shape index (κ1) is 13.5. The Morgan fingerprint density at radius 3 is 2.65 bits per heavy atom. The van der Waals surface area contributed by atoms with Crippen LogP contribution in [0.5, 0.6) is 0 Å². The maximum atomic E-state index is 11.1. The first-order valence-corrected chi connectivity index (χ1v) is 5.89. The molecule has 1 aromatic heterocycles. The summed E-state index contributed by atoms with van der Waals surface area (Å²) in [6.07, 6.45) is 0. The number of carbonyl (C=O) groups excluding carboxylic acids is 1. The number of aromatic carboxylic acids is 1. The highest BCUT2D eigenvalue weighted by atomic mass is 16.4. The molecule has 4 N–H and O–H groups in total. The Kier molecular flexibility index (Phi) is 3.95. The van der Waals surface area contributed by atoms with E-state index in [0.29, 0.717) is 23.5 Å². The third-order valence-corrected chi connectivity index (χ3v) is 2.65. The number of hydrogen-bond donors (Lipinski definition) is 3. The Morgan fingerprint density at radius 1 is 1.20 bits per heavy atom. The summed E-state index contributed by atoms with van der Waals surface area (Å²) in [5, 5.41) is 11.9. The number of carboxylic acid groups (broad SMARTS) is 1. The largest absolute Gasteiger partial charge is 0.477 e. The van der Waals surface area contributed by atoms with E-state index < -0.39 is 11.9 Å². The molecular weight excluding hydrogens is 258 g/mol. The van der Waals surface area contributed by atoms with E-state index in [2.05, 4.69) is 10.3 Å². The second-order valence-corrected chi connectivity index (χ2v) is 4.12. The molecule has 2 rings (SSSR count). The minimum Gasteiger partial charge on any atom is -0.477 e. The lowest BCUT2D eigenvalue weighted by atomic mass is 10.2. The van der Waals surface area contributed by atoms with Crippen molar-refractivity contribution in [3.63, 3.8) is 0 Å². The molecule has 0 aliphatic heterocycles. The van der Waals surface area contributed by atoms with Gasteiger partial charge in [0.2, 0.25) is 5.91 Å². The van der Waals surface area contributed by atoms with Crippen LogP contribution < -0.4 is 11.1 Å². The average Bonchev–Trinajstić information content (AvgIpc) is 2.45. The highest BCUT2D eigenvalue weighted by Crippen LogP contribution is 2.11. The van der Waals surface area contributed by atoms with Crippen molar-refractivity contribution >= 4 is 17.6 Å². The van der Waals surface area contributed by atoms with Crippen LogP contribution >= 0.6 is 0 Å². The van der Waals surface area contributed by atoms with E-state index in [0.717, 1.165) is 0 Å². The van der Waals surface area contributed by atoms with E-state index in [-0.39, 0.29) is 5.69 Å². The molecular formula is C14H13N3O3. The van der Waals surface area contributed by atoms with E-state index >= 15 is 0 Å². The molecule has 0 saturated carbocycles. The molecule has 102 valence electrons. The average molecular weight is 271 g/mol. The van der Waals surface area contributed by atoms with Gasteiger partial charge in [-0.05, 0) is 30.3 Å². The summed E-state index contributed by atoms with van der Waals surface area (Å²) in [5.41, 5.74) is 6.90. The number of aromatic nitrogens is 1. The van der Waals surface area contributed by atoms with Crippen LogP contribution in [0.2, 0.25) is 0 Å². The summed E-state index contributed by atoms with van der Waals surface area (Å²) in [6.45, 7) is 0.351. The smallest absolute Gasteiger partial charge is 0.354 e. The van der Waals surface area contributed by atoms with Crippen molar-refractivity contribution in [3.8, 4) is 0 Å². The number of benzene rings is 1. The molecule has 0 fully saturated rings. The number of nitrogens with zero attached hydrogens (tertiary/aromatic N) is 1. The molecule has 0 aliphatic carbocycles. The number of rotatable bonds is 5. The van der Waals surface area contributed by atoms with Crippen molar-refractivity contribution in [1.29, 1.82) is 0 Å². The monoisotopic (exact) mass is 271 g/mol. The minimum atomic E-state index is -1.07. The molecule has 20 heavy (non-hydrogen) atoms. The maximum absolute atomic E-state index is 11.1. The molecule has 0 bridgehead atoms. The van der Waals surface area contributed by atoms with Gasteiger partial charge in [-0.25, -0.2) is 9.78 Å². The van der Waals surface area contributed by atoms with Crippen LogP contribution in [0.15, 0.2) is 42.5 Å². The molecule has 1 heterocycles. The Bertz CT molecular complexity index is 598. The van der Waals surface area contributed by atoms with Crippen molar-refractivity contribution in [2.75, 3.05) is 5.32 Å². The van der Waals surface area contributed by atoms with Crippen LogP contribution in [-0.2, 0) is 6.54 Å². The third kappa shape index (κ3) is 3.32. The first-order valence-electron chi connectivity index (χ1n) is 5.89. The SMILES string of the molecule is NC(=O)c1cccc(NCc2cccc(C(=O)O)n2)c1. The van der Waals surface area contributed by atoms with Crippen LogP contribution in [0, 0.1) is 0 Å². The van der Waals surface area contributed by atoms with Crippen molar-refractivity contribution in [1.82, 2.24) is 4.98 Å². The van der Waals surface area contributed by atoms with Gasteiger partial charge in [0, 0.05) is 11.3 Å². The van der Waals surface area contributed by atoms with Gasteiger partial charge < -0.3 is 16.2 Å². The maximum Gasteiger partial charge on any atom is 0.354 e. The van der Waals surface area contributed by atoms with Crippen molar-refractivity contribution in [3.05, 3.63) is 59.4 Å². The standard InChI is InChI=1S/C14H13N3O3/c15-13(18)9-3-1-4-10(7-9)16-8-11-5-2-6-12(17-11)14(19)20/h1-7,16H,8H2,(H2,15,18)(H,19,20). The Morgan fingerprint density at radius 2 is 1.95 bits per heavy atom. The van der Waals surface area contributed by atoms with Crippen molar-refractivity contribution in [2.24, 2.45) is 5.73 Å². The molecule has 2 aromatic rings. The van der Waals surface area contributed by atoms with E-state index in [1.165, 1.54) is 6.07 Å². The lowest BCUT2D eigenvalue weighted by Gasteiger charge is -2.07. The summed E-state index contributed by atoms with van der Waals surface area (Å²) in [6, 6.07) is 11.5. The van der Waals surface area contributed by atoms with E-state index in [1.807, 2.05) is 0 Å². The lowest BCUT2D eigenvalue weighted by Crippen LogP contribution is -2.11. The van der Waals surface area contributed by atoms with Gasteiger partial charge in [0.15, 0.2) is 0 Å². The van der Waals surface area contributed by atoms with Gasteiger partial charge in [0.1, 0.15) is 5.69 Å². The van der Waals surface area contributed by atoms with Gasteiger partial charge in [0.05, 0.1) is 12.2 Å². The molecule has 1 amide bonds. The Labute approximate surface area is 115 Å². The normalized spacial score (nSPS) is 10.0. The van der Waals surface area contributed by atoms with Crippen molar-refractivity contribution < 1.29 is 14.7 Å². The van der Waals surface area contributed by atoms with E-state index in [4.69, 9.17) is 10.8 Å². The molecule has 6 nitrogen and oxygen atoms in total. The summed E-state index contributed by atoms with van der Waals surface area (Å²) < 4.78 is 0. The van der Waals surface area contributed by atoms with E-state index in [9.17, 15) is 9.59 Å². The van der Waals surface area contributed by atoms with Crippen molar-refractivity contribution in [2.45, 2.75) is 6.54 Å². The van der Waals surface area contributed by atoms with Gasteiger partial charge in [-0.2, -0.15) is 0 Å². The zero-order chi connectivity index (χ0) is 14.5. The zero-order valence-electron chi connectivity index (χ0n) is 10.5. The predicted octanol–water partition coefficient (Wildman–Crippen LogP) is 1.49. The summed E-state index contributed by atoms with van der Waals surface area (Å²) >= 11 is 0. The molecule has 0 unspecified atom stereocenters. The molecule has 6 heteroatoms. The highest BCUT2D eigenvalue weighted by Gasteiger charge is 2.05. The molecule has 0 radical (unpaired) electrons. The van der Waals surface area contributed by atoms with Gasteiger partial charge in [-0.1, -0.05) is 12.1 Å². The van der Waals surface area contributed by atoms with Crippen LogP contribution in [-0.4, -0.2) is 22.0 Å². The van der Waals surface area contributed by atoms with Crippen LogP contribution in [0.3, 0.4) is 0 Å². The Hall–Kier alpha value is -2.89. The van der Waals surface area contributed by atoms with Crippen LogP contribution in [0.25, 0.3) is 0 Å². The second kappa shape index (κ2) is 5.83. The number of primary amides is 1. The summed E-state index contributed by atoms with van der Waals surface area (Å²) in [5.74, 6) is -1.57. The molecule has 1 aromatic carbocycles. The van der Waals surface area contributed by atoms with E-state index in [1.54, 1.807) is 36.4 Å². The lowest BCUT2D eigenvalue weighted by molar-refractivity contribution is 0.0690. The fourth-order valence-corrected chi connectivity index (χ4v) is 1.67. The fraction of sp³-hybridized carbons (Fsp3) is 0.0714. The minimum absolute atomic E-state index is 0.00446. The number of carboxylic acids is 1.